The van der Waals surface area contributed by atoms with E-state index in [-0.39, 0.29) is 15.7 Å². The lowest BCUT2D eigenvalue weighted by molar-refractivity contribution is 0.272. The lowest BCUT2D eigenvalue weighted by Crippen LogP contribution is -2.20. The third kappa shape index (κ3) is 5.32. The van der Waals surface area contributed by atoms with Crippen LogP contribution < -0.4 is 10.3 Å². The molecule has 3 heterocycles. The first-order valence-corrected chi connectivity index (χ1v) is 13.5. The van der Waals surface area contributed by atoms with Gasteiger partial charge in [-0.1, -0.05) is 26.0 Å². The number of pyridine rings is 2. The maximum Gasteiger partial charge on any atom is 0.304 e. The maximum absolute atomic E-state index is 12.8. The lowest BCUT2D eigenvalue weighted by Gasteiger charge is -2.17. The molecule has 0 unspecified atom stereocenters. The molecule has 1 N–H and O–H groups in total. The van der Waals surface area contributed by atoms with Crippen molar-refractivity contribution in [1.82, 2.24) is 9.55 Å². The molecule has 0 radical (unpaired) electrons. The molecular weight excluding hydrogens is 484 g/mol. The Balaban J connectivity index is 1.85. The Bertz CT molecular complexity index is 1580. The molecule has 0 fully saturated rings. The summed E-state index contributed by atoms with van der Waals surface area (Å²) in [7, 11) is -4.39. The summed E-state index contributed by atoms with van der Waals surface area (Å²) in [6.45, 7) is 10.4. The number of rotatable bonds is 7. The highest BCUT2D eigenvalue weighted by molar-refractivity contribution is 7.88. The zero-order valence-corrected chi connectivity index (χ0v) is 22.0. The summed E-state index contributed by atoms with van der Waals surface area (Å²) in [6, 6.07) is 12.5. The van der Waals surface area contributed by atoms with Crippen molar-refractivity contribution in [1.29, 1.82) is 0 Å². The zero-order valence-electron chi connectivity index (χ0n) is 20.3. The predicted molar refractivity (Wildman–Crippen MR) is 139 cm³/mol. The van der Waals surface area contributed by atoms with Crippen molar-refractivity contribution >= 4 is 32.4 Å². The highest BCUT2D eigenvalue weighted by atomic mass is 32.3. The smallest absolute Gasteiger partial charge is 0.304 e. The van der Waals surface area contributed by atoms with Crippen molar-refractivity contribution in [2.75, 3.05) is 6.61 Å². The molecule has 184 valence electrons. The largest absolute Gasteiger partial charge is 0.493 e. The molecule has 0 aliphatic rings. The number of nitrogens with zero attached hydrogens (tertiary/aromatic N) is 2. The number of fused-ring (bicyclic) bond motifs is 1. The van der Waals surface area contributed by atoms with E-state index in [0.717, 1.165) is 44.1 Å². The summed E-state index contributed by atoms with van der Waals surface area (Å²) >= 11 is 1.02. The minimum absolute atomic E-state index is 0.110. The van der Waals surface area contributed by atoms with Crippen molar-refractivity contribution < 1.29 is 17.7 Å². The van der Waals surface area contributed by atoms with Gasteiger partial charge in [-0.3, -0.25) is 14.3 Å². The van der Waals surface area contributed by atoms with Gasteiger partial charge in [0.2, 0.25) is 0 Å². The molecule has 35 heavy (non-hydrogen) atoms. The molecule has 0 aliphatic heterocycles. The van der Waals surface area contributed by atoms with Gasteiger partial charge in [0.25, 0.3) is 5.56 Å². The van der Waals surface area contributed by atoms with E-state index in [9.17, 15) is 17.8 Å². The van der Waals surface area contributed by atoms with Crippen LogP contribution in [0.2, 0.25) is 0 Å². The monoisotopic (exact) mass is 512 g/mol. The number of ether oxygens (including phenoxy) is 1. The highest BCUT2D eigenvalue weighted by Gasteiger charge is 2.23. The Kier molecular flexibility index (Phi) is 6.86. The second kappa shape index (κ2) is 9.56. The number of aryl methyl sites for hydroxylation is 3. The predicted octanol–water partition coefficient (Wildman–Crippen LogP) is 5.38. The first-order chi connectivity index (χ1) is 16.4. The third-order valence-corrected chi connectivity index (χ3v) is 8.02. The van der Waals surface area contributed by atoms with Crippen LogP contribution in [0.1, 0.15) is 35.7 Å². The molecule has 0 bridgehead atoms. The fraction of sp³-hybridized carbons (Fsp3) is 0.308. The molecule has 4 aromatic rings. The molecule has 3 aromatic heterocycles. The van der Waals surface area contributed by atoms with E-state index in [1.165, 1.54) is 0 Å². The standard InChI is InChI=1S/C26H28N2O5S2/c1-15(2)14-33-24-12-19(6-7-21(24)22-11-17(4)34-26(22)35(30,31)32)13-28-23-10-16(3)27-18(5)20(23)8-9-25(28)29/h6-12,15H,13-14H2,1-5H3,(H,30,31,32). The van der Waals surface area contributed by atoms with Crippen molar-refractivity contribution in [2.24, 2.45) is 5.92 Å². The number of benzene rings is 1. The molecule has 7 nitrogen and oxygen atoms in total. The Morgan fingerprint density at radius 1 is 1.06 bits per heavy atom. The second-order valence-corrected chi connectivity index (χ2v) is 12.0. The van der Waals surface area contributed by atoms with Crippen LogP contribution in [0.4, 0.5) is 0 Å². The molecule has 1 aromatic carbocycles. The molecule has 0 spiro atoms. The molecule has 0 saturated carbocycles. The van der Waals surface area contributed by atoms with Crippen molar-refractivity contribution in [2.45, 2.75) is 45.4 Å². The van der Waals surface area contributed by atoms with Gasteiger partial charge in [0, 0.05) is 38.8 Å². The number of aromatic nitrogens is 2. The summed E-state index contributed by atoms with van der Waals surface area (Å²) in [5.41, 5.74) is 4.17. The molecule has 0 aliphatic carbocycles. The summed E-state index contributed by atoms with van der Waals surface area (Å²) in [5, 5.41) is 0.912. The van der Waals surface area contributed by atoms with Crippen LogP contribution in [-0.4, -0.2) is 29.1 Å². The first-order valence-electron chi connectivity index (χ1n) is 11.3. The van der Waals surface area contributed by atoms with E-state index in [4.69, 9.17) is 4.74 Å². The van der Waals surface area contributed by atoms with E-state index in [1.54, 1.807) is 35.8 Å². The molecule has 9 heteroatoms. The molecule has 0 amide bonds. The third-order valence-electron chi connectivity index (χ3n) is 5.61. The Labute approximate surface area is 208 Å². The van der Waals surface area contributed by atoms with E-state index in [1.807, 2.05) is 45.9 Å². The zero-order chi connectivity index (χ0) is 25.5. The van der Waals surface area contributed by atoms with Crippen LogP contribution >= 0.6 is 11.3 Å². The number of thiophene rings is 1. The first kappa shape index (κ1) is 25.1. The van der Waals surface area contributed by atoms with Crippen molar-refractivity contribution in [3.05, 3.63) is 74.6 Å². The van der Waals surface area contributed by atoms with Crippen LogP contribution in [0, 0.1) is 26.7 Å². The Hall–Kier alpha value is -3.01. The summed E-state index contributed by atoms with van der Waals surface area (Å²) in [4.78, 5) is 18.1. The van der Waals surface area contributed by atoms with Crippen molar-refractivity contribution in [3.8, 4) is 16.9 Å². The van der Waals surface area contributed by atoms with Gasteiger partial charge < -0.3 is 9.30 Å². The summed E-state index contributed by atoms with van der Waals surface area (Å²) < 4.78 is 41.5. The SMILES string of the molecule is Cc1cc2c(ccc(=O)n2Cc2ccc(-c3cc(C)sc3S(=O)(=O)O)c(OCC(C)C)c2)c(C)n1. The summed E-state index contributed by atoms with van der Waals surface area (Å²) in [6.07, 6.45) is 0. The molecular formula is C26H28N2O5S2. The normalized spacial score (nSPS) is 12.0. The van der Waals surface area contributed by atoms with Gasteiger partial charge in [-0.25, -0.2) is 0 Å². The average Bonchev–Trinajstić information content (AvgIpc) is 3.16. The van der Waals surface area contributed by atoms with Crippen LogP contribution in [0.25, 0.3) is 22.0 Å². The fourth-order valence-electron chi connectivity index (χ4n) is 4.09. The van der Waals surface area contributed by atoms with Gasteiger partial charge in [0.1, 0.15) is 5.75 Å². The second-order valence-electron chi connectivity index (χ2n) is 9.11. The van der Waals surface area contributed by atoms with Crippen LogP contribution in [0.15, 0.2) is 51.5 Å². The fourth-order valence-corrected chi connectivity index (χ4v) is 6.10. The minimum atomic E-state index is -4.39. The summed E-state index contributed by atoms with van der Waals surface area (Å²) in [5.74, 6) is 0.747. The van der Waals surface area contributed by atoms with E-state index in [0.29, 0.717) is 30.0 Å². The lowest BCUT2D eigenvalue weighted by atomic mass is 10.0. The number of hydrogen-bond acceptors (Lipinski definition) is 6. The van der Waals surface area contributed by atoms with Gasteiger partial charge in [0.15, 0.2) is 4.21 Å². The Morgan fingerprint density at radius 3 is 2.49 bits per heavy atom. The van der Waals surface area contributed by atoms with Crippen LogP contribution in [-0.2, 0) is 16.7 Å². The van der Waals surface area contributed by atoms with Gasteiger partial charge in [-0.15, -0.1) is 11.3 Å². The van der Waals surface area contributed by atoms with Crippen LogP contribution in [0.3, 0.4) is 0 Å². The average molecular weight is 513 g/mol. The van der Waals surface area contributed by atoms with Crippen LogP contribution in [0.5, 0.6) is 5.75 Å². The van der Waals surface area contributed by atoms with Gasteiger partial charge in [-0.05, 0) is 56.5 Å². The highest BCUT2D eigenvalue weighted by Crippen LogP contribution is 2.40. The van der Waals surface area contributed by atoms with Gasteiger partial charge >= 0.3 is 10.1 Å². The topological polar surface area (TPSA) is 98.5 Å². The van der Waals surface area contributed by atoms with E-state index in [2.05, 4.69) is 4.98 Å². The minimum Gasteiger partial charge on any atom is -0.493 e. The van der Waals surface area contributed by atoms with Gasteiger partial charge in [-0.2, -0.15) is 8.42 Å². The number of hydrogen-bond donors (Lipinski definition) is 1. The molecule has 0 saturated heterocycles. The molecule has 4 rings (SSSR count). The van der Waals surface area contributed by atoms with Crippen molar-refractivity contribution in [3.63, 3.8) is 0 Å². The Morgan fingerprint density at radius 2 is 1.80 bits per heavy atom. The van der Waals surface area contributed by atoms with E-state index < -0.39 is 10.1 Å². The maximum atomic E-state index is 12.8. The quantitative estimate of drug-likeness (QED) is 0.334. The molecule has 0 atom stereocenters. The van der Waals surface area contributed by atoms with Gasteiger partial charge in [0.05, 0.1) is 18.7 Å². The van der Waals surface area contributed by atoms with E-state index >= 15 is 0 Å².